The summed E-state index contributed by atoms with van der Waals surface area (Å²) >= 11 is 7.10. The lowest BCUT2D eigenvalue weighted by atomic mass is 10.1. The molecule has 0 radical (unpaired) electrons. The number of nitrogens with one attached hydrogen (secondary N) is 2. The number of sulfonamides is 1. The molecular weight excluding hydrogens is 759 g/mol. The van der Waals surface area contributed by atoms with Gasteiger partial charge in [0.25, 0.3) is 10.0 Å². The van der Waals surface area contributed by atoms with Crippen LogP contribution in [0.1, 0.15) is 63.3 Å². The van der Waals surface area contributed by atoms with E-state index in [1.165, 1.54) is 75.7 Å². The summed E-state index contributed by atoms with van der Waals surface area (Å²) < 4.78 is 74.2. The summed E-state index contributed by atoms with van der Waals surface area (Å²) in [5.74, 6) is 1.05. The number of methoxy groups -OCH3 is 1. The molecular formula is C34H39ClF3N7O6S2. The second-order valence-electron chi connectivity index (χ2n) is 11.2. The van der Waals surface area contributed by atoms with Gasteiger partial charge >= 0.3 is 23.5 Å². The molecule has 4 aromatic rings. The molecule has 0 saturated carbocycles. The fourth-order valence-electron chi connectivity index (χ4n) is 4.54. The third kappa shape index (κ3) is 15.5. The van der Waals surface area contributed by atoms with E-state index in [1.807, 2.05) is 30.3 Å². The Labute approximate surface area is 314 Å². The SMILES string of the molecule is CCCCCCCCSC(=O)Oc1cc(Cl)nnc1-c1ccccc1.COc1nc(C)nc(NC(=O)NS(=O)(=O)c2ccccc2CCC(F)(F)F)n1. The number of rotatable bonds is 15. The summed E-state index contributed by atoms with van der Waals surface area (Å²) in [4.78, 5) is 35.0. The third-order valence-electron chi connectivity index (χ3n) is 6.99. The van der Waals surface area contributed by atoms with E-state index in [0.29, 0.717) is 11.4 Å². The number of alkyl halides is 3. The van der Waals surface area contributed by atoms with Crippen LogP contribution in [0.3, 0.4) is 0 Å². The smallest absolute Gasteiger partial charge is 0.389 e. The molecule has 0 spiro atoms. The molecule has 0 aliphatic rings. The van der Waals surface area contributed by atoms with Crippen molar-refractivity contribution in [1.29, 1.82) is 0 Å². The van der Waals surface area contributed by atoms with E-state index in [0.717, 1.165) is 30.2 Å². The third-order valence-corrected chi connectivity index (χ3v) is 9.42. The van der Waals surface area contributed by atoms with Gasteiger partial charge in [-0.05, 0) is 43.2 Å². The highest BCUT2D eigenvalue weighted by Crippen LogP contribution is 2.30. The molecule has 0 aliphatic carbocycles. The summed E-state index contributed by atoms with van der Waals surface area (Å²) in [6.45, 7) is 3.71. The van der Waals surface area contributed by atoms with Gasteiger partial charge in [0.15, 0.2) is 10.9 Å². The van der Waals surface area contributed by atoms with Crippen LogP contribution in [-0.2, 0) is 16.4 Å². The molecule has 53 heavy (non-hydrogen) atoms. The first-order valence-corrected chi connectivity index (χ1v) is 19.2. The Bertz CT molecular complexity index is 1910. The molecule has 0 bridgehead atoms. The van der Waals surface area contributed by atoms with E-state index in [1.54, 1.807) is 4.72 Å². The summed E-state index contributed by atoms with van der Waals surface area (Å²) in [7, 11) is -3.14. The largest absolute Gasteiger partial charge is 0.467 e. The maximum Gasteiger partial charge on any atom is 0.389 e. The number of halogens is 4. The first-order chi connectivity index (χ1) is 25.2. The summed E-state index contributed by atoms with van der Waals surface area (Å²) in [5, 5.41) is 9.89. The highest BCUT2D eigenvalue weighted by molar-refractivity contribution is 8.13. The fraction of sp³-hybridized carbons (Fsp3) is 0.382. The molecule has 2 N–H and O–H groups in total. The van der Waals surface area contributed by atoms with Crippen LogP contribution < -0.4 is 19.5 Å². The van der Waals surface area contributed by atoms with Crippen molar-refractivity contribution in [3.63, 3.8) is 0 Å². The topological polar surface area (TPSA) is 175 Å². The van der Waals surface area contributed by atoms with Gasteiger partial charge in [-0.25, -0.2) is 22.7 Å². The number of thioether (sulfide) groups is 1. The Balaban J connectivity index is 0.000000287. The number of carbonyl (C=O) groups is 2. The molecule has 2 aromatic heterocycles. The van der Waals surface area contributed by atoms with Crippen LogP contribution in [-0.4, -0.2) is 63.9 Å². The number of amides is 2. The molecule has 2 amide bonds. The molecule has 0 atom stereocenters. The molecule has 0 saturated heterocycles. The lowest BCUT2D eigenvalue weighted by molar-refractivity contribution is -0.134. The predicted octanol–water partition coefficient (Wildman–Crippen LogP) is 8.58. The quantitative estimate of drug-likeness (QED) is 0.0867. The van der Waals surface area contributed by atoms with Gasteiger partial charge in [-0.1, -0.05) is 99.2 Å². The maximum absolute atomic E-state index is 12.5. The molecule has 19 heteroatoms. The summed E-state index contributed by atoms with van der Waals surface area (Å²) in [6, 6.07) is 14.8. The fourth-order valence-corrected chi connectivity index (χ4v) is 6.52. The van der Waals surface area contributed by atoms with Crippen molar-refractivity contribution in [3.05, 3.63) is 77.2 Å². The van der Waals surface area contributed by atoms with Crippen LogP contribution in [0.5, 0.6) is 11.8 Å². The minimum atomic E-state index is -4.45. The van der Waals surface area contributed by atoms with Gasteiger partial charge in [0.1, 0.15) is 11.5 Å². The van der Waals surface area contributed by atoms with Crippen LogP contribution in [0, 0.1) is 6.92 Å². The van der Waals surface area contributed by atoms with Crippen molar-refractivity contribution < 1.29 is 40.7 Å². The first kappa shape index (κ1) is 42.9. The van der Waals surface area contributed by atoms with Gasteiger partial charge in [0, 0.05) is 23.8 Å². The molecule has 0 fully saturated rings. The Hall–Kier alpha value is -4.55. The number of aryl methyl sites for hydroxylation is 2. The summed E-state index contributed by atoms with van der Waals surface area (Å²) in [6.07, 6.45) is 1.00. The van der Waals surface area contributed by atoms with Gasteiger partial charge in [-0.15, -0.1) is 10.2 Å². The number of urea groups is 1. The lowest BCUT2D eigenvalue weighted by Gasteiger charge is -2.13. The van der Waals surface area contributed by atoms with Gasteiger partial charge < -0.3 is 9.47 Å². The molecule has 13 nitrogen and oxygen atoms in total. The predicted molar refractivity (Wildman–Crippen MR) is 196 cm³/mol. The van der Waals surface area contributed by atoms with Crippen molar-refractivity contribution in [2.45, 2.75) is 76.3 Å². The van der Waals surface area contributed by atoms with E-state index in [4.69, 9.17) is 21.1 Å². The zero-order valence-corrected chi connectivity index (χ0v) is 31.5. The number of hydrogen-bond acceptors (Lipinski definition) is 12. The standard InChI is InChI=1S/C19H23ClN2O2S.C15H16F3N5O4S/c1-2-3-4-5-6-10-13-25-19(23)24-16-14-17(20)21-22-18(16)15-11-8-7-9-12-15;1-9-19-12(22-14(20-9)27-2)21-13(24)23-28(25,26)11-6-4-3-5-10(11)7-8-15(16,17)18/h7-9,11-12,14H,2-6,10,13H2,1H3;3-6H,7-8H2,1-2H3,(H2,19,20,21,22,23,24). The maximum atomic E-state index is 12.5. The highest BCUT2D eigenvalue weighted by Gasteiger charge is 2.29. The number of benzene rings is 2. The minimum Gasteiger partial charge on any atom is -0.467 e. The van der Waals surface area contributed by atoms with Crippen LogP contribution in [0.4, 0.5) is 28.7 Å². The molecule has 286 valence electrons. The molecule has 4 rings (SSSR count). The average molecular weight is 798 g/mol. The Kier molecular flexibility index (Phi) is 17.2. The second-order valence-corrected chi connectivity index (χ2v) is 14.3. The van der Waals surface area contributed by atoms with Crippen molar-refractivity contribution in [2.24, 2.45) is 0 Å². The molecule has 0 unspecified atom stereocenters. The van der Waals surface area contributed by atoms with Crippen LogP contribution in [0.15, 0.2) is 65.6 Å². The Morgan fingerprint density at radius 3 is 2.30 bits per heavy atom. The highest BCUT2D eigenvalue weighted by atomic mass is 35.5. The first-order valence-electron chi connectivity index (χ1n) is 16.4. The number of ether oxygens (including phenoxy) is 2. The lowest BCUT2D eigenvalue weighted by Crippen LogP contribution is -2.35. The van der Waals surface area contributed by atoms with Gasteiger partial charge in [0.05, 0.1) is 12.0 Å². The van der Waals surface area contributed by atoms with Gasteiger partial charge in [-0.3, -0.25) is 5.32 Å². The average Bonchev–Trinajstić information content (AvgIpc) is 3.10. The van der Waals surface area contributed by atoms with Gasteiger partial charge in [0.2, 0.25) is 5.95 Å². The zero-order chi connectivity index (χ0) is 38.9. The Morgan fingerprint density at radius 1 is 0.925 bits per heavy atom. The monoisotopic (exact) mass is 797 g/mol. The molecule has 0 aliphatic heterocycles. The van der Waals surface area contributed by atoms with Crippen molar-refractivity contribution >= 4 is 50.7 Å². The number of unbranched alkanes of at least 4 members (excludes halogenated alkanes) is 5. The van der Waals surface area contributed by atoms with E-state index in [9.17, 15) is 31.2 Å². The number of hydrogen-bond donors (Lipinski definition) is 2. The van der Waals surface area contributed by atoms with Crippen LogP contribution >= 0.6 is 23.4 Å². The van der Waals surface area contributed by atoms with E-state index in [2.05, 4.69) is 37.4 Å². The summed E-state index contributed by atoms with van der Waals surface area (Å²) in [5.41, 5.74) is 1.27. The zero-order valence-electron chi connectivity index (χ0n) is 29.2. The Morgan fingerprint density at radius 2 is 1.60 bits per heavy atom. The van der Waals surface area contributed by atoms with Crippen molar-refractivity contribution in [1.82, 2.24) is 29.9 Å². The van der Waals surface area contributed by atoms with Crippen LogP contribution in [0.25, 0.3) is 11.3 Å². The number of aromatic nitrogens is 5. The molecule has 2 heterocycles. The van der Waals surface area contributed by atoms with E-state index >= 15 is 0 Å². The second kappa shape index (κ2) is 21.2. The van der Waals surface area contributed by atoms with E-state index < -0.39 is 40.0 Å². The number of carbonyl (C=O) groups excluding carboxylic acids is 2. The van der Waals surface area contributed by atoms with Crippen molar-refractivity contribution in [3.8, 4) is 23.0 Å². The van der Waals surface area contributed by atoms with Gasteiger partial charge in [-0.2, -0.15) is 28.1 Å². The number of anilines is 1. The van der Waals surface area contributed by atoms with Crippen molar-refractivity contribution in [2.75, 3.05) is 18.2 Å². The molecule has 2 aromatic carbocycles. The number of nitrogens with zero attached hydrogens (tertiary/aromatic N) is 5. The normalized spacial score (nSPS) is 11.2. The minimum absolute atomic E-state index is 0.0715. The van der Waals surface area contributed by atoms with E-state index in [-0.39, 0.29) is 33.8 Å². The van der Waals surface area contributed by atoms with Crippen LogP contribution in [0.2, 0.25) is 5.15 Å².